The first-order valence-corrected chi connectivity index (χ1v) is 7.44. The van der Waals surface area contributed by atoms with Crippen molar-refractivity contribution in [3.05, 3.63) is 47.2 Å². The first kappa shape index (κ1) is 14.3. The Hall–Kier alpha value is -3.33. The molecule has 2 heterocycles. The van der Waals surface area contributed by atoms with E-state index in [1.807, 2.05) is 18.2 Å². The number of aromatic amines is 1. The van der Waals surface area contributed by atoms with Crippen LogP contribution in [0.4, 0.5) is 0 Å². The van der Waals surface area contributed by atoms with Crippen LogP contribution < -0.4 is 9.47 Å². The molecule has 1 aromatic carbocycles. The summed E-state index contributed by atoms with van der Waals surface area (Å²) in [6.45, 7) is 0. The van der Waals surface area contributed by atoms with Gasteiger partial charge in [-0.25, -0.2) is 0 Å². The maximum Gasteiger partial charge on any atom is 0.161 e. The van der Waals surface area contributed by atoms with Crippen LogP contribution in [0.1, 0.15) is 16.7 Å². The number of pyridine rings is 1. The number of nitrogens with zero attached hydrogens (tertiary/aromatic N) is 3. The molecule has 0 saturated heterocycles. The molecule has 3 aromatic rings. The Kier molecular flexibility index (Phi) is 3.21. The lowest BCUT2D eigenvalue weighted by atomic mass is 10.1. The van der Waals surface area contributed by atoms with Crippen molar-refractivity contribution in [2.45, 2.75) is 6.42 Å². The number of hydrogen-bond acceptors (Lipinski definition) is 5. The van der Waals surface area contributed by atoms with Crippen LogP contribution >= 0.6 is 0 Å². The molecule has 4 rings (SSSR count). The highest BCUT2D eigenvalue weighted by Crippen LogP contribution is 2.44. The van der Waals surface area contributed by atoms with Gasteiger partial charge in [-0.15, -0.1) is 0 Å². The molecule has 2 aromatic heterocycles. The van der Waals surface area contributed by atoms with E-state index < -0.39 is 0 Å². The summed E-state index contributed by atoms with van der Waals surface area (Å²) in [6, 6.07) is 9.61. The first-order chi connectivity index (χ1) is 11.7. The largest absolute Gasteiger partial charge is 0.493 e. The lowest BCUT2D eigenvalue weighted by Crippen LogP contribution is -1.94. The fourth-order valence-electron chi connectivity index (χ4n) is 3.06. The minimum atomic E-state index is 0.535. The number of ether oxygens (including phenoxy) is 2. The molecule has 0 bridgehead atoms. The fourth-order valence-corrected chi connectivity index (χ4v) is 3.06. The number of hydrogen-bond donors (Lipinski definition) is 1. The highest BCUT2D eigenvalue weighted by molar-refractivity contribution is 5.82. The lowest BCUT2D eigenvalue weighted by Gasteiger charge is -2.09. The van der Waals surface area contributed by atoms with Gasteiger partial charge in [-0.3, -0.25) is 10.1 Å². The minimum absolute atomic E-state index is 0.535. The highest BCUT2D eigenvalue weighted by Gasteiger charge is 2.27. The molecule has 0 saturated carbocycles. The molecular weight excluding hydrogens is 304 g/mol. The van der Waals surface area contributed by atoms with Crippen LogP contribution in [-0.2, 0) is 6.42 Å². The van der Waals surface area contributed by atoms with Gasteiger partial charge in [-0.2, -0.15) is 10.4 Å². The Balaban J connectivity index is 1.80. The van der Waals surface area contributed by atoms with Gasteiger partial charge >= 0.3 is 0 Å². The van der Waals surface area contributed by atoms with Crippen LogP contribution in [0.15, 0.2) is 30.5 Å². The molecule has 0 fully saturated rings. The van der Waals surface area contributed by atoms with Gasteiger partial charge in [0.25, 0.3) is 0 Å². The van der Waals surface area contributed by atoms with Crippen molar-refractivity contribution in [2.75, 3.05) is 14.2 Å². The van der Waals surface area contributed by atoms with Gasteiger partial charge < -0.3 is 9.47 Å². The summed E-state index contributed by atoms with van der Waals surface area (Å²) in [5.41, 5.74) is 6.38. The number of nitrogens with one attached hydrogen (secondary N) is 1. The first-order valence-electron chi connectivity index (χ1n) is 7.44. The fraction of sp³-hybridized carbons (Fsp3) is 0.167. The number of H-pyrrole nitrogens is 1. The van der Waals surface area contributed by atoms with Gasteiger partial charge in [0.1, 0.15) is 6.07 Å². The number of benzene rings is 1. The van der Waals surface area contributed by atoms with Gasteiger partial charge in [0.05, 0.1) is 36.9 Å². The van der Waals surface area contributed by atoms with E-state index in [4.69, 9.17) is 14.7 Å². The second-order valence-electron chi connectivity index (χ2n) is 5.51. The summed E-state index contributed by atoms with van der Waals surface area (Å²) < 4.78 is 10.8. The summed E-state index contributed by atoms with van der Waals surface area (Å²) in [6.07, 6.45) is 2.31. The second-order valence-corrected chi connectivity index (χ2v) is 5.51. The zero-order valence-electron chi connectivity index (χ0n) is 13.3. The summed E-state index contributed by atoms with van der Waals surface area (Å²) in [5.74, 6) is 1.40. The third-order valence-corrected chi connectivity index (χ3v) is 4.25. The molecule has 0 spiro atoms. The molecule has 1 aliphatic carbocycles. The van der Waals surface area contributed by atoms with Gasteiger partial charge in [0.2, 0.25) is 0 Å². The number of fused-ring (bicyclic) bond motifs is 3. The van der Waals surface area contributed by atoms with Gasteiger partial charge in [0.15, 0.2) is 11.5 Å². The molecule has 0 aliphatic heterocycles. The van der Waals surface area contributed by atoms with E-state index in [2.05, 4.69) is 21.3 Å². The molecule has 0 radical (unpaired) electrons. The Morgan fingerprint density at radius 2 is 1.96 bits per heavy atom. The summed E-state index contributed by atoms with van der Waals surface area (Å²) in [4.78, 5) is 4.36. The summed E-state index contributed by atoms with van der Waals surface area (Å²) in [7, 11) is 3.25. The molecule has 24 heavy (non-hydrogen) atoms. The van der Waals surface area contributed by atoms with E-state index in [1.54, 1.807) is 26.5 Å². The van der Waals surface area contributed by atoms with Crippen molar-refractivity contribution in [1.29, 1.82) is 5.26 Å². The Labute approximate surface area is 138 Å². The second kappa shape index (κ2) is 5.39. The van der Waals surface area contributed by atoms with Crippen LogP contribution in [0.25, 0.3) is 22.6 Å². The number of aromatic nitrogens is 3. The number of rotatable bonds is 3. The van der Waals surface area contributed by atoms with Crippen molar-refractivity contribution in [2.24, 2.45) is 0 Å². The van der Waals surface area contributed by atoms with Gasteiger partial charge in [-0.1, -0.05) is 0 Å². The zero-order valence-corrected chi connectivity index (χ0v) is 13.3. The number of nitriles is 1. The molecule has 6 heteroatoms. The molecule has 1 N–H and O–H groups in total. The van der Waals surface area contributed by atoms with Crippen LogP contribution in [0.2, 0.25) is 0 Å². The zero-order chi connectivity index (χ0) is 16.7. The molecule has 0 atom stereocenters. The Morgan fingerprint density at radius 1 is 1.17 bits per heavy atom. The predicted molar refractivity (Wildman–Crippen MR) is 87.9 cm³/mol. The van der Waals surface area contributed by atoms with Crippen LogP contribution in [0.3, 0.4) is 0 Å². The van der Waals surface area contributed by atoms with Gasteiger partial charge in [-0.05, 0) is 29.8 Å². The maximum absolute atomic E-state index is 8.90. The average Bonchev–Trinajstić information content (AvgIpc) is 3.19. The normalized spacial score (nSPS) is 11.5. The standard InChI is InChI=1S/C18H14N4O2/c1-23-15-6-11-5-13-17(12(11)7-16(15)24-2)21-22-18(13)14-4-3-10(8-19)9-20-14/h3-4,6-7,9H,5H2,1-2H3,(H,21,22). The quantitative estimate of drug-likeness (QED) is 0.628. The third-order valence-electron chi connectivity index (χ3n) is 4.25. The highest BCUT2D eigenvalue weighted by atomic mass is 16.5. The van der Waals surface area contributed by atoms with Crippen LogP contribution in [0, 0.1) is 11.3 Å². The lowest BCUT2D eigenvalue weighted by molar-refractivity contribution is 0.355. The van der Waals surface area contributed by atoms with Crippen molar-refractivity contribution < 1.29 is 9.47 Å². The molecule has 118 valence electrons. The molecule has 0 amide bonds. The van der Waals surface area contributed by atoms with Crippen molar-refractivity contribution >= 4 is 0 Å². The molecule has 0 unspecified atom stereocenters. The van der Waals surface area contributed by atoms with E-state index in [1.165, 1.54) is 0 Å². The van der Waals surface area contributed by atoms with Crippen LogP contribution in [0.5, 0.6) is 11.5 Å². The Bertz CT molecular complexity index is 968. The Morgan fingerprint density at radius 3 is 2.62 bits per heavy atom. The summed E-state index contributed by atoms with van der Waals surface area (Å²) >= 11 is 0. The van der Waals surface area contributed by atoms with Crippen molar-refractivity contribution in [1.82, 2.24) is 15.2 Å². The average molecular weight is 318 g/mol. The van der Waals surface area contributed by atoms with Gasteiger partial charge in [0, 0.05) is 23.7 Å². The SMILES string of the molecule is COc1cc2c(cc1OC)-c1n[nH]c(-c3ccc(C#N)cn3)c1C2. The number of methoxy groups -OCH3 is 2. The maximum atomic E-state index is 8.90. The smallest absolute Gasteiger partial charge is 0.161 e. The summed E-state index contributed by atoms with van der Waals surface area (Å²) in [5, 5.41) is 16.4. The van der Waals surface area contributed by atoms with E-state index in [9.17, 15) is 0 Å². The minimum Gasteiger partial charge on any atom is -0.493 e. The molecule has 1 aliphatic rings. The molecule has 6 nitrogen and oxygen atoms in total. The van der Waals surface area contributed by atoms with Crippen molar-refractivity contribution in [3.63, 3.8) is 0 Å². The van der Waals surface area contributed by atoms with E-state index in [0.717, 1.165) is 40.2 Å². The van der Waals surface area contributed by atoms with E-state index >= 15 is 0 Å². The van der Waals surface area contributed by atoms with Crippen molar-refractivity contribution in [3.8, 4) is 40.2 Å². The monoisotopic (exact) mass is 318 g/mol. The van der Waals surface area contributed by atoms with E-state index in [0.29, 0.717) is 17.1 Å². The topological polar surface area (TPSA) is 83.8 Å². The third kappa shape index (κ3) is 2.02. The molecular formula is C18H14N4O2. The predicted octanol–water partition coefficient (Wildman–Crippen LogP) is 2.93. The van der Waals surface area contributed by atoms with E-state index in [-0.39, 0.29) is 0 Å². The van der Waals surface area contributed by atoms with Crippen LogP contribution in [-0.4, -0.2) is 29.4 Å².